The van der Waals surface area contributed by atoms with Gasteiger partial charge in [0.05, 0.1) is 22.9 Å². The molecule has 0 saturated carbocycles. The van der Waals surface area contributed by atoms with E-state index in [0.717, 1.165) is 5.56 Å². The maximum absolute atomic E-state index is 13.1. The van der Waals surface area contributed by atoms with Gasteiger partial charge in [0.1, 0.15) is 12.4 Å². The van der Waals surface area contributed by atoms with Gasteiger partial charge in [0.2, 0.25) is 11.8 Å². The van der Waals surface area contributed by atoms with Gasteiger partial charge in [0.15, 0.2) is 11.5 Å². The highest BCUT2D eigenvalue weighted by atomic mass is 35.5. The van der Waals surface area contributed by atoms with Crippen LogP contribution in [-0.4, -0.2) is 24.6 Å². The van der Waals surface area contributed by atoms with Crippen LogP contribution in [0.2, 0.25) is 10.0 Å². The molecule has 2 N–H and O–H groups in total. The highest BCUT2D eigenvalue weighted by Crippen LogP contribution is 2.29. The van der Waals surface area contributed by atoms with E-state index in [1.165, 1.54) is 18.3 Å². The molecule has 0 saturated heterocycles. The summed E-state index contributed by atoms with van der Waals surface area (Å²) in [5, 5.41) is 7.43. The third-order valence-corrected chi connectivity index (χ3v) is 5.73. The van der Waals surface area contributed by atoms with E-state index >= 15 is 0 Å². The Morgan fingerprint density at radius 3 is 2.41 bits per heavy atom. The average molecular weight is 546 g/mol. The monoisotopic (exact) mass is 545 g/mol. The maximum Gasteiger partial charge on any atom is 0.240 e. The lowest BCUT2D eigenvalue weighted by atomic mass is 10.2. The molecule has 0 aliphatic rings. The number of benzene rings is 3. The van der Waals surface area contributed by atoms with Gasteiger partial charge in [-0.2, -0.15) is 5.10 Å². The van der Waals surface area contributed by atoms with Gasteiger partial charge >= 0.3 is 0 Å². The first-order valence-corrected chi connectivity index (χ1v) is 12.3. The van der Waals surface area contributed by atoms with Crippen molar-refractivity contribution in [3.05, 3.63) is 87.7 Å². The molecule has 37 heavy (non-hydrogen) atoms. The molecular weight excluding hydrogens is 520 g/mol. The summed E-state index contributed by atoms with van der Waals surface area (Å²) in [5.41, 5.74) is 4.50. The Morgan fingerprint density at radius 2 is 1.68 bits per heavy atom. The Morgan fingerprint density at radius 1 is 0.919 bits per heavy atom. The van der Waals surface area contributed by atoms with Crippen LogP contribution in [0.4, 0.5) is 10.1 Å². The second-order valence-electron chi connectivity index (χ2n) is 7.88. The zero-order valence-electron chi connectivity index (χ0n) is 20.1. The number of nitrogens with one attached hydrogen (secondary N) is 2. The number of halogens is 3. The molecule has 0 atom stereocenters. The third kappa shape index (κ3) is 9.40. The first-order chi connectivity index (χ1) is 17.8. The number of anilines is 1. The summed E-state index contributed by atoms with van der Waals surface area (Å²) >= 11 is 11.8. The van der Waals surface area contributed by atoms with E-state index in [1.54, 1.807) is 48.5 Å². The highest BCUT2D eigenvalue weighted by Gasteiger charge is 2.09. The molecule has 0 spiro atoms. The topological polar surface area (TPSA) is 89.0 Å². The first kappa shape index (κ1) is 28.0. The molecule has 0 fully saturated rings. The molecule has 194 valence electrons. The number of amides is 2. The van der Waals surface area contributed by atoms with Gasteiger partial charge in [0, 0.05) is 18.5 Å². The predicted octanol–water partition coefficient (Wildman–Crippen LogP) is 6.37. The largest absolute Gasteiger partial charge is 0.490 e. The van der Waals surface area contributed by atoms with E-state index < -0.39 is 0 Å². The Labute approximate surface area is 224 Å². The number of rotatable bonds is 12. The summed E-state index contributed by atoms with van der Waals surface area (Å²) in [4.78, 5) is 24.1. The molecule has 3 aromatic carbocycles. The van der Waals surface area contributed by atoms with Gasteiger partial charge in [-0.1, -0.05) is 35.3 Å². The van der Waals surface area contributed by atoms with Crippen molar-refractivity contribution in [3.8, 4) is 11.5 Å². The normalized spacial score (nSPS) is 10.8. The summed E-state index contributed by atoms with van der Waals surface area (Å²) in [5.74, 6) is 0.196. The van der Waals surface area contributed by atoms with Gasteiger partial charge in [-0.15, -0.1) is 0 Å². The molecule has 0 bridgehead atoms. The second kappa shape index (κ2) is 14.2. The smallest absolute Gasteiger partial charge is 0.240 e. The Balaban J connectivity index is 1.44. The lowest BCUT2D eigenvalue weighted by molar-refractivity contribution is -0.121. The third-order valence-electron chi connectivity index (χ3n) is 4.99. The van der Waals surface area contributed by atoms with E-state index in [4.69, 9.17) is 32.7 Å². The summed E-state index contributed by atoms with van der Waals surface area (Å²) in [6.45, 7) is 2.55. The minimum Gasteiger partial charge on any atom is -0.490 e. The van der Waals surface area contributed by atoms with E-state index in [-0.39, 0.29) is 37.1 Å². The van der Waals surface area contributed by atoms with Gasteiger partial charge in [-0.05, 0) is 73.0 Å². The fourth-order valence-corrected chi connectivity index (χ4v) is 3.47. The average Bonchev–Trinajstić information content (AvgIpc) is 2.87. The van der Waals surface area contributed by atoms with Crippen molar-refractivity contribution in [2.45, 2.75) is 32.8 Å². The molecule has 10 heteroatoms. The fourth-order valence-electron chi connectivity index (χ4n) is 3.18. The van der Waals surface area contributed by atoms with Crippen LogP contribution in [0.5, 0.6) is 11.5 Å². The van der Waals surface area contributed by atoms with Crippen molar-refractivity contribution in [2.24, 2.45) is 5.10 Å². The summed E-state index contributed by atoms with van der Waals surface area (Å²) < 4.78 is 24.6. The van der Waals surface area contributed by atoms with Crippen molar-refractivity contribution in [1.82, 2.24) is 5.43 Å². The zero-order valence-corrected chi connectivity index (χ0v) is 21.6. The molecular formula is C27H26Cl2FN3O4. The molecule has 0 heterocycles. The molecule has 0 aromatic heterocycles. The fraction of sp³-hybridized carbons (Fsp3) is 0.222. The lowest BCUT2D eigenvalue weighted by Gasteiger charge is -2.12. The molecule has 7 nitrogen and oxygen atoms in total. The predicted molar refractivity (Wildman–Crippen MR) is 143 cm³/mol. The van der Waals surface area contributed by atoms with Gasteiger partial charge in [0.25, 0.3) is 0 Å². The van der Waals surface area contributed by atoms with E-state index in [1.807, 2.05) is 6.92 Å². The van der Waals surface area contributed by atoms with Crippen molar-refractivity contribution >= 4 is 46.9 Å². The minimum atomic E-state index is -0.317. The molecule has 0 aliphatic heterocycles. The standard InChI is InChI=1S/C27H26Cl2FN3O4/c1-2-36-25-14-19(8-13-24(25)37-17-18-6-9-20(30)10-7-18)16-31-33-27(35)5-3-4-26(34)32-21-11-12-22(28)23(29)15-21/h6-16H,2-5,17H2,1H3,(H,32,34)(H,33,35)/b31-16-. The van der Waals surface area contributed by atoms with Crippen LogP contribution < -0.4 is 20.2 Å². The van der Waals surface area contributed by atoms with Crippen LogP contribution in [0.25, 0.3) is 0 Å². The van der Waals surface area contributed by atoms with E-state index in [2.05, 4.69) is 15.8 Å². The maximum atomic E-state index is 13.1. The van der Waals surface area contributed by atoms with Crippen LogP contribution in [0.15, 0.2) is 65.8 Å². The summed E-state index contributed by atoms with van der Waals surface area (Å²) in [6.07, 6.45) is 2.13. The molecule has 0 radical (unpaired) electrons. The number of hydrogen-bond acceptors (Lipinski definition) is 5. The van der Waals surface area contributed by atoms with Crippen molar-refractivity contribution < 1.29 is 23.5 Å². The summed E-state index contributed by atoms with van der Waals surface area (Å²) in [7, 11) is 0. The molecule has 0 unspecified atom stereocenters. The van der Waals surface area contributed by atoms with Crippen molar-refractivity contribution in [2.75, 3.05) is 11.9 Å². The van der Waals surface area contributed by atoms with Crippen LogP contribution in [0.1, 0.15) is 37.3 Å². The number of carbonyl (C=O) groups excluding carboxylic acids is 2. The molecule has 3 aromatic rings. The van der Waals surface area contributed by atoms with Gasteiger partial charge in [-0.3, -0.25) is 9.59 Å². The van der Waals surface area contributed by atoms with Crippen LogP contribution >= 0.6 is 23.2 Å². The van der Waals surface area contributed by atoms with E-state index in [9.17, 15) is 14.0 Å². The zero-order chi connectivity index (χ0) is 26.6. The number of hydrogen-bond donors (Lipinski definition) is 2. The Bertz CT molecular complexity index is 1250. The van der Waals surface area contributed by atoms with Crippen molar-refractivity contribution in [3.63, 3.8) is 0 Å². The quantitative estimate of drug-likeness (QED) is 0.204. The number of hydrazone groups is 1. The Hall–Kier alpha value is -3.62. The molecule has 0 aliphatic carbocycles. The van der Waals surface area contributed by atoms with Crippen LogP contribution in [0.3, 0.4) is 0 Å². The highest BCUT2D eigenvalue weighted by molar-refractivity contribution is 6.42. The van der Waals surface area contributed by atoms with Crippen molar-refractivity contribution in [1.29, 1.82) is 0 Å². The second-order valence-corrected chi connectivity index (χ2v) is 8.69. The van der Waals surface area contributed by atoms with Gasteiger partial charge in [-0.25, -0.2) is 9.82 Å². The SMILES string of the molecule is CCOc1cc(/C=N\NC(=O)CCCC(=O)Nc2ccc(Cl)c(Cl)c2)ccc1OCc1ccc(F)cc1. The number of nitrogens with zero attached hydrogens (tertiary/aromatic N) is 1. The minimum absolute atomic E-state index is 0.131. The first-order valence-electron chi connectivity index (χ1n) is 11.5. The van der Waals surface area contributed by atoms with E-state index in [0.29, 0.717) is 45.8 Å². The van der Waals surface area contributed by atoms with Crippen LogP contribution in [0, 0.1) is 5.82 Å². The van der Waals surface area contributed by atoms with Crippen LogP contribution in [-0.2, 0) is 16.2 Å². The molecule has 3 rings (SSSR count). The van der Waals surface area contributed by atoms with Gasteiger partial charge < -0.3 is 14.8 Å². The number of ether oxygens (including phenoxy) is 2. The number of carbonyl (C=O) groups is 2. The summed E-state index contributed by atoms with van der Waals surface area (Å²) in [6, 6.07) is 16.1. The Kier molecular flexibility index (Phi) is 10.7. The molecule has 2 amide bonds. The lowest BCUT2D eigenvalue weighted by Crippen LogP contribution is -2.18.